The minimum absolute atomic E-state index is 0.0626. The van der Waals surface area contributed by atoms with Crippen molar-refractivity contribution in [2.45, 2.75) is 29.8 Å². The Labute approximate surface area is 182 Å². The number of carbonyl (C=O) groups excluding carboxylic acids is 1. The van der Waals surface area contributed by atoms with Crippen molar-refractivity contribution in [3.05, 3.63) is 101 Å². The molecule has 3 aromatic rings. The van der Waals surface area contributed by atoms with E-state index in [0.717, 1.165) is 12.8 Å². The van der Waals surface area contributed by atoms with E-state index in [1.165, 1.54) is 22.3 Å². The number of aryl methyl sites for hydroxylation is 1. The molecule has 2 aliphatic heterocycles. The van der Waals surface area contributed by atoms with Crippen molar-refractivity contribution in [2.24, 2.45) is 0 Å². The largest absolute Gasteiger partial charge is 0.415 e. The summed E-state index contributed by atoms with van der Waals surface area (Å²) < 4.78 is 5.62. The molecule has 152 valence electrons. The van der Waals surface area contributed by atoms with Gasteiger partial charge in [0.25, 0.3) is 0 Å². The molecule has 4 heteroatoms. The minimum atomic E-state index is -0.247. The molecule has 3 aromatic carbocycles. The second kappa shape index (κ2) is 7.84. The fraction of sp³-hybridized carbons (Fsp3) is 0.269. The van der Waals surface area contributed by atoms with Crippen LogP contribution in [0.2, 0.25) is 0 Å². The lowest BCUT2D eigenvalue weighted by molar-refractivity contribution is 0.135. The minimum Gasteiger partial charge on any atom is -0.410 e. The zero-order valence-electron chi connectivity index (χ0n) is 17.1. The third-order valence-corrected chi connectivity index (χ3v) is 8.15. The number of hydrogen-bond acceptors (Lipinski definition) is 3. The second-order valence-electron chi connectivity index (χ2n) is 8.10. The quantitative estimate of drug-likeness (QED) is 0.490. The first-order valence-corrected chi connectivity index (χ1v) is 11.4. The number of para-hydroxylation sites is 1. The van der Waals surface area contributed by atoms with Crippen molar-refractivity contribution in [2.75, 3.05) is 13.1 Å². The van der Waals surface area contributed by atoms with Crippen molar-refractivity contribution in [1.82, 2.24) is 4.90 Å². The van der Waals surface area contributed by atoms with Gasteiger partial charge in [-0.1, -0.05) is 66.7 Å². The Hall–Kier alpha value is -2.72. The number of carbonyl (C=O) groups is 1. The van der Waals surface area contributed by atoms with E-state index >= 15 is 0 Å². The van der Waals surface area contributed by atoms with Crippen LogP contribution in [0.25, 0.3) is 0 Å². The SMILES string of the molecule is Cc1ccccc1C1SC2(CCN(C(=O)Oc3ccccc3)CC2)c2ccccc21. The molecule has 30 heavy (non-hydrogen) atoms. The summed E-state index contributed by atoms with van der Waals surface area (Å²) in [5, 5.41) is 0.352. The molecule has 5 rings (SSSR count). The summed E-state index contributed by atoms with van der Waals surface area (Å²) in [6.45, 7) is 3.63. The summed E-state index contributed by atoms with van der Waals surface area (Å²) in [4.78, 5) is 14.5. The lowest BCUT2D eigenvalue weighted by Crippen LogP contribution is -2.44. The summed E-state index contributed by atoms with van der Waals surface area (Å²) in [6.07, 6.45) is 1.64. The Bertz CT molecular complexity index is 1060. The second-order valence-corrected chi connectivity index (χ2v) is 9.59. The number of piperidine rings is 1. The maximum atomic E-state index is 12.6. The van der Waals surface area contributed by atoms with E-state index < -0.39 is 0 Å². The topological polar surface area (TPSA) is 29.5 Å². The lowest BCUT2D eigenvalue weighted by atomic mass is 9.84. The van der Waals surface area contributed by atoms with Gasteiger partial charge in [0.1, 0.15) is 5.75 Å². The maximum absolute atomic E-state index is 12.6. The summed E-state index contributed by atoms with van der Waals surface area (Å²) in [6, 6.07) is 26.9. The van der Waals surface area contributed by atoms with Crippen molar-refractivity contribution >= 4 is 17.9 Å². The highest BCUT2D eigenvalue weighted by molar-refractivity contribution is 8.01. The Kier molecular flexibility index (Phi) is 5.03. The van der Waals surface area contributed by atoms with Crippen LogP contribution in [0.15, 0.2) is 78.9 Å². The normalized spacial score (nSPS) is 19.5. The number of amides is 1. The number of thioether (sulfide) groups is 1. The van der Waals surface area contributed by atoms with Gasteiger partial charge in [0, 0.05) is 17.8 Å². The van der Waals surface area contributed by atoms with Crippen LogP contribution in [0, 0.1) is 6.92 Å². The molecule has 0 aliphatic carbocycles. The summed E-state index contributed by atoms with van der Waals surface area (Å²) in [5.41, 5.74) is 5.61. The van der Waals surface area contributed by atoms with Crippen molar-refractivity contribution in [1.29, 1.82) is 0 Å². The number of fused-ring (bicyclic) bond motifs is 2. The van der Waals surface area contributed by atoms with Gasteiger partial charge in [-0.15, -0.1) is 11.8 Å². The van der Waals surface area contributed by atoms with Gasteiger partial charge in [0.15, 0.2) is 0 Å². The number of hydrogen-bond donors (Lipinski definition) is 0. The van der Waals surface area contributed by atoms with Crippen LogP contribution >= 0.6 is 11.8 Å². The van der Waals surface area contributed by atoms with Crippen LogP contribution < -0.4 is 4.74 Å². The van der Waals surface area contributed by atoms with E-state index in [0.29, 0.717) is 24.1 Å². The fourth-order valence-electron chi connectivity index (χ4n) is 4.70. The molecule has 0 bridgehead atoms. The molecule has 1 spiro atoms. The van der Waals surface area contributed by atoms with E-state index in [2.05, 4.69) is 67.2 Å². The number of ether oxygens (including phenoxy) is 1. The van der Waals surface area contributed by atoms with E-state index in [-0.39, 0.29) is 10.8 Å². The van der Waals surface area contributed by atoms with Gasteiger partial charge < -0.3 is 9.64 Å². The van der Waals surface area contributed by atoms with Crippen LogP contribution in [0.3, 0.4) is 0 Å². The molecule has 0 N–H and O–H groups in total. The average Bonchev–Trinajstić information content (AvgIpc) is 3.09. The van der Waals surface area contributed by atoms with Gasteiger partial charge in [-0.2, -0.15) is 0 Å². The van der Waals surface area contributed by atoms with Crippen LogP contribution in [0.4, 0.5) is 4.79 Å². The van der Waals surface area contributed by atoms with E-state index in [4.69, 9.17) is 4.74 Å². The Morgan fingerprint density at radius 2 is 1.53 bits per heavy atom. The molecule has 3 nitrogen and oxygen atoms in total. The molecule has 2 heterocycles. The first-order valence-electron chi connectivity index (χ1n) is 10.5. The molecule has 0 aromatic heterocycles. The molecular weight excluding hydrogens is 390 g/mol. The Morgan fingerprint density at radius 1 is 0.900 bits per heavy atom. The Morgan fingerprint density at radius 3 is 2.27 bits per heavy atom. The summed E-state index contributed by atoms with van der Waals surface area (Å²) in [7, 11) is 0. The molecule has 1 amide bonds. The van der Waals surface area contributed by atoms with Crippen molar-refractivity contribution in [3.8, 4) is 5.75 Å². The lowest BCUT2D eigenvalue weighted by Gasteiger charge is -2.39. The smallest absolute Gasteiger partial charge is 0.410 e. The molecule has 1 fully saturated rings. The van der Waals surface area contributed by atoms with Crippen molar-refractivity contribution in [3.63, 3.8) is 0 Å². The van der Waals surface area contributed by atoms with E-state index in [1.807, 2.05) is 35.2 Å². The van der Waals surface area contributed by atoms with E-state index in [1.54, 1.807) is 0 Å². The van der Waals surface area contributed by atoms with Gasteiger partial charge in [0.2, 0.25) is 0 Å². The predicted molar refractivity (Wildman–Crippen MR) is 122 cm³/mol. The third kappa shape index (κ3) is 3.39. The number of benzene rings is 3. The van der Waals surface area contributed by atoms with Gasteiger partial charge in [-0.25, -0.2) is 4.79 Å². The number of likely N-dealkylation sites (tertiary alicyclic amines) is 1. The summed E-state index contributed by atoms with van der Waals surface area (Å²) in [5.74, 6) is 0.600. The zero-order valence-corrected chi connectivity index (χ0v) is 17.9. The van der Waals surface area contributed by atoms with E-state index in [9.17, 15) is 4.79 Å². The Balaban J connectivity index is 1.36. The molecule has 1 unspecified atom stereocenters. The molecule has 2 aliphatic rings. The maximum Gasteiger partial charge on any atom is 0.415 e. The molecular formula is C26H25NO2S. The molecule has 1 saturated heterocycles. The van der Waals surface area contributed by atoms with Gasteiger partial charge in [-0.05, 0) is 54.2 Å². The third-order valence-electron chi connectivity index (χ3n) is 6.33. The average molecular weight is 416 g/mol. The molecule has 0 radical (unpaired) electrons. The zero-order chi connectivity index (χ0) is 20.6. The first-order chi connectivity index (χ1) is 14.7. The summed E-state index contributed by atoms with van der Waals surface area (Å²) >= 11 is 2.07. The molecule has 0 saturated carbocycles. The molecule has 1 atom stereocenters. The first kappa shape index (κ1) is 19.3. The van der Waals surface area contributed by atoms with Crippen LogP contribution in [-0.4, -0.2) is 24.1 Å². The highest BCUT2D eigenvalue weighted by atomic mass is 32.2. The fourth-order valence-corrected chi connectivity index (χ4v) is 6.60. The predicted octanol–water partition coefficient (Wildman–Crippen LogP) is 6.32. The number of rotatable bonds is 2. The highest BCUT2D eigenvalue weighted by Crippen LogP contribution is 2.61. The standard InChI is InChI=1S/C26H25NO2S/c1-19-9-5-6-12-21(19)24-22-13-7-8-14-23(22)26(30-24)15-17-27(18-16-26)25(28)29-20-10-3-2-4-11-20/h2-14,24H,15-18H2,1H3. The van der Waals surface area contributed by atoms with Crippen LogP contribution in [-0.2, 0) is 4.75 Å². The van der Waals surface area contributed by atoms with Crippen LogP contribution in [0.5, 0.6) is 5.75 Å². The monoisotopic (exact) mass is 415 g/mol. The van der Waals surface area contributed by atoms with Crippen molar-refractivity contribution < 1.29 is 9.53 Å². The van der Waals surface area contributed by atoms with Gasteiger partial charge in [-0.3, -0.25) is 0 Å². The number of nitrogens with zero attached hydrogens (tertiary/aromatic N) is 1. The highest BCUT2D eigenvalue weighted by Gasteiger charge is 2.47. The van der Waals surface area contributed by atoms with Crippen LogP contribution in [0.1, 0.15) is 40.3 Å². The van der Waals surface area contributed by atoms with Gasteiger partial charge >= 0.3 is 6.09 Å². The van der Waals surface area contributed by atoms with Gasteiger partial charge in [0.05, 0.1) is 5.25 Å².